The second-order valence-electron chi connectivity index (χ2n) is 7.27. The van der Waals surface area contributed by atoms with Gasteiger partial charge in [0.05, 0.1) is 17.6 Å². The molecule has 9 nitrogen and oxygen atoms in total. The topological polar surface area (TPSA) is 100 Å². The summed E-state index contributed by atoms with van der Waals surface area (Å²) >= 11 is 0. The number of hydrogen-bond donors (Lipinski definition) is 1. The lowest BCUT2D eigenvalue weighted by atomic mass is 10.1. The molecule has 2 amide bonds. The maximum Gasteiger partial charge on any atom is 0.228 e. The van der Waals surface area contributed by atoms with E-state index in [4.69, 9.17) is 0 Å². The molecule has 0 aliphatic carbocycles. The highest BCUT2D eigenvalue weighted by molar-refractivity contribution is 5.87. The molecule has 1 aliphatic heterocycles. The summed E-state index contributed by atoms with van der Waals surface area (Å²) in [6, 6.07) is 7.78. The molecular weight excluding hydrogens is 370 g/mol. The molecule has 4 rings (SSSR count). The minimum absolute atomic E-state index is 0.0693. The van der Waals surface area contributed by atoms with Crippen LogP contribution in [-0.4, -0.2) is 72.8 Å². The molecule has 1 aliphatic rings. The lowest BCUT2D eigenvalue weighted by Gasteiger charge is -2.22. The predicted octanol–water partition coefficient (Wildman–Crippen LogP) is 1.24. The van der Waals surface area contributed by atoms with Gasteiger partial charge in [-0.15, -0.1) is 0 Å². The number of amides is 2. The van der Waals surface area contributed by atoms with Crippen LogP contribution in [0.3, 0.4) is 0 Å². The van der Waals surface area contributed by atoms with Crippen molar-refractivity contribution in [2.45, 2.75) is 32.2 Å². The van der Waals surface area contributed by atoms with E-state index in [0.29, 0.717) is 45.6 Å². The van der Waals surface area contributed by atoms with Gasteiger partial charge in [-0.1, -0.05) is 18.2 Å². The first-order valence-electron chi connectivity index (χ1n) is 10.0. The number of para-hydroxylation sites is 1. The Kier molecular flexibility index (Phi) is 5.83. The largest absolute Gasteiger partial charge is 0.341 e. The van der Waals surface area contributed by atoms with E-state index in [-0.39, 0.29) is 11.8 Å². The van der Waals surface area contributed by atoms with Crippen LogP contribution in [0, 0.1) is 0 Å². The Bertz CT molecular complexity index is 966. The van der Waals surface area contributed by atoms with Crippen molar-refractivity contribution < 1.29 is 9.59 Å². The van der Waals surface area contributed by atoms with Crippen LogP contribution in [0.2, 0.25) is 0 Å². The van der Waals surface area contributed by atoms with E-state index in [0.717, 1.165) is 29.4 Å². The zero-order chi connectivity index (χ0) is 20.1. The molecular formula is C20H25N7O2. The minimum Gasteiger partial charge on any atom is -0.341 e. The third-order valence-corrected chi connectivity index (χ3v) is 5.31. The summed E-state index contributed by atoms with van der Waals surface area (Å²) in [5.74, 6) is 0.207. The number of aromatic nitrogens is 5. The first-order valence-corrected chi connectivity index (χ1v) is 10.0. The fourth-order valence-electron chi connectivity index (χ4n) is 3.73. The molecule has 1 N–H and O–H groups in total. The fraction of sp³-hybridized carbons (Fsp3) is 0.450. The Morgan fingerprint density at radius 2 is 1.83 bits per heavy atom. The van der Waals surface area contributed by atoms with Crippen molar-refractivity contribution in [3.63, 3.8) is 0 Å². The van der Waals surface area contributed by atoms with E-state index >= 15 is 0 Å². The van der Waals surface area contributed by atoms with Crippen molar-refractivity contribution in [2.75, 3.05) is 26.2 Å². The van der Waals surface area contributed by atoms with Gasteiger partial charge in [0, 0.05) is 44.5 Å². The molecule has 0 atom stereocenters. The summed E-state index contributed by atoms with van der Waals surface area (Å²) in [5.41, 5.74) is 1.71. The Morgan fingerprint density at radius 1 is 1.03 bits per heavy atom. The Labute approximate surface area is 168 Å². The van der Waals surface area contributed by atoms with Gasteiger partial charge in [-0.2, -0.15) is 10.2 Å². The first kappa shape index (κ1) is 19.1. The third-order valence-electron chi connectivity index (χ3n) is 5.31. The van der Waals surface area contributed by atoms with Crippen LogP contribution >= 0.6 is 0 Å². The number of benzene rings is 1. The number of carbonyl (C=O) groups is 2. The van der Waals surface area contributed by atoms with Gasteiger partial charge in [-0.3, -0.25) is 19.4 Å². The summed E-state index contributed by atoms with van der Waals surface area (Å²) in [6.07, 6.45) is 5.45. The summed E-state index contributed by atoms with van der Waals surface area (Å²) in [7, 11) is 0. The lowest BCUT2D eigenvalue weighted by Crippen LogP contribution is -2.38. The molecule has 0 bridgehead atoms. The van der Waals surface area contributed by atoms with E-state index < -0.39 is 0 Å². The van der Waals surface area contributed by atoms with Crippen molar-refractivity contribution in [1.29, 1.82) is 0 Å². The van der Waals surface area contributed by atoms with Crippen molar-refractivity contribution in [1.82, 2.24) is 34.8 Å². The van der Waals surface area contributed by atoms with Crippen LogP contribution in [0.4, 0.5) is 0 Å². The van der Waals surface area contributed by atoms with E-state index in [2.05, 4.69) is 20.3 Å². The van der Waals surface area contributed by atoms with E-state index in [9.17, 15) is 9.59 Å². The number of aromatic amines is 1. The lowest BCUT2D eigenvalue weighted by molar-refractivity contribution is -0.133. The van der Waals surface area contributed by atoms with Crippen LogP contribution in [0.1, 0.15) is 25.0 Å². The van der Waals surface area contributed by atoms with Crippen molar-refractivity contribution in [3.05, 3.63) is 42.6 Å². The summed E-state index contributed by atoms with van der Waals surface area (Å²) < 4.78 is 1.73. The van der Waals surface area contributed by atoms with Crippen LogP contribution in [-0.2, 0) is 22.6 Å². The highest BCUT2D eigenvalue weighted by Crippen LogP contribution is 2.17. The second kappa shape index (κ2) is 8.85. The van der Waals surface area contributed by atoms with Gasteiger partial charge in [0.25, 0.3) is 0 Å². The van der Waals surface area contributed by atoms with Crippen LogP contribution < -0.4 is 0 Å². The molecule has 1 saturated heterocycles. The van der Waals surface area contributed by atoms with Crippen molar-refractivity contribution >= 4 is 22.7 Å². The highest BCUT2D eigenvalue weighted by atomic mass is 16.2. The van der Waals surface area contributed by atoms with Gasteiger partial charge in [-0.25, -0.2) is 4.98 Å². The summed E-state index contributed by atoms with van der Waals surface area (Å²) in [4.78, 5) is 33.0. The summed E-state index contributed by atoms with van der Waals surface area (Å²) in [5, 5.41) is 12.3. The number of nitrogens with zero attached hydrogens (tertiary/aromatic N) is 6. The van der Waals surface area contributed by atoms with Gasteiger partial charge in [0.2, 0.25) is 11.8 Å². The first-order chi connectivity index (χ1) is 14.2. The number of fused-ring (bicyclic) bond motifs is 1. The molecule has 2 aromatic heterocycles. The zero-order valence-corrected chi connectivity index (χ0v) is 16.3. The third kappa shape index (κ3) is 4.61. The molecule has 1 aromatic carbocycles. The average Bonchev–Trinajstić information content (AvgIpc) is 3.32. The van der Waals surface area contributed by atoms with Crippen molar-refractivity contribution in [3.8, 4) is 0 Å². The maximum absolute atomic E-state index is 12.8. The number of aryl methyl sites for hydroxylation is 1. The number of rotatable bonds is 6. The Hall–Kier alpha value is -3.23. The molecule has 0 saturated carbocycles. The standard InChI is InChI=1S/C20H25N7O2/c28-19(7-3-10-27-15-21-14-22-27)25-8-4-9-26(12-11-25)20(29)13-18-16-5-1-2-6-17(16)23-24-18/h1-2,5-6,14-15H,3-4,7-13H2,(H,23,24). The predicted molar refractivity (Wildman–Crippen MR) is 107 cm³/mol. The highest BCUT2D eigenvalue weighted by Gasteiger charge is 2.22. The van der Waals surface area contributed by atoms with E-state index in [1.54, 1.807) is 11.0 Å². The molecule has 1 fully saturated rings. The average molecular weight is 395 g/mol. The SMILES string of the molecule is O=C(CCCn1cncn1)N1CCCN(C(=O)Cc2[nH]nc3ccccc23)CC1. The second-order valence-corrected chi connectivity index (χ2v) is 7.27. The van der Waals surface area contributed by atoms with Crippen LogP contribution in [0.15, 0.2) is 36.9 Å². The molecule has 0 unspecified atom stereocenters. The van der Waals surface area contributed by atoms with Crippen molar-refractivity contribution in [2.24, 2.45) is 0 Å². The molecule has 0 radical (unpaired) electrons. The van der Waals surface area contributed by atoms with E-state index in [1.165, 1.54) is 6.33 Å². The fourth-order valence-corrected chi connectivity index (χ4v) is 3.73. The maximum atomic E-state index is 12.8. The molecule has 3 aromatic rings. The van der Waals surface area contributed by atoms with Crippen LogP contribution in [0.5, 0.6) is 0 Å². The van der Waals surface area contributed by atoms with Gasteiger partial charge in [0.1, 0.15) is 12.7 Å². The number of H-pyrrole nitrogens is 1. The molecule has 0 spiro atoms. The minimum atomic E-state index is 0.0693. The normalized spacial score (nSPS) is 14.9. The quantitative estimate of drug-likeness (QED) is 0.677. The molecule has 9 heteroatoms. The Balaban J connectivity index is 1.27. The molecule has 152 valence electrons. The molecule has 3 heterocycles. The van der Waals surface area contributed by atoms with Gasteiger partial charge < -0.3 is 9.80 Å². The number of carbonyl (C=O) groups excluding carboxylic acids is 2. The smallest absolute Gasteiger partial charge is 0.228 e. The zero-order valence-electron chi connectivity index (χ0n) is 16.3. The van der Waals surface area contributed by atoms with Gasteiger partial charge in [-0.05, 0) is 18.9 Å². The van der Waals surface area contributed by atoms with Gasteiger partial charge in [0.15, 0.2) is 0 Å². The summed E-state index contributed by atoms with van der Waals surface area (Å²) in [6.45, 7) is 3.20. The number of nitrogens with one attached hydrogen (secondary N) is 1. The molecule has 29 heavy (non-hydrogen) atoms. The van der Waals surface area contributed by atoms with Gasteiger partial charge >= 0.3 is 0 Å². The number of hydrogen-bond acceptors (Lipinski definition) is 5. The van der Waals surface area contributed by atoms with Crippen LogP contribution in [0.25, 0.3) is 10.9 Å². The monoisotopic (exact) mass is 395 g/mol. The van der Waals surface area contributed by atoms with E-state index in [1.807, 2.05) is 34.1 Å². The Morgan fingerprint density at radius 3 is 2.62 bits per heavy atom.